The number of rotatable bonds is 8. The number of ether oxygens (including phenoxy) is 1. The second kappa shape index (κ2) is 9.73. The van der Waals surface area contributed by atoms with Crippen LogP contribution in [0, 0.1) is 5.92 Å². The minimum Gasteiger partial charge on any atom is -0.379 e. The maximum atomic E-state index is 5.85. The lowest BCUT2D eigenvalue weighted by Crippen LogP contribution is -2.33. The predicted octanol–water partition coefficient (Wildman–Crippen LogP) is 3.22. The number of fused-ring (bicyclic) bond motifs is 3. The number of likely N-dealkylation sites (N-methyl/N-ethyl adjacent to an activating group) is 1. The van der Waals surface area contributed by atoms with Crippen LogP contribution in [0.1, 0.15) is 12.0 Å². The number of nitrogens with zero attached hydrogens (tertiary/aromatic N) is 4. The smallest absolute Gasteiger partial charge is 0.162 e. The Bertz CT molecular complexity index is 1320. The number of nitrogens with one attached hydrogen (secondary N) is 3. The van der Waals surface area contributed by atoms with Crippen molar-refractivity contribution in [3.63, 3.8) is 0 Å². The highest BCUT2D eigenvalue weighted by molar-refractivity contribution is 5.92. The molecule has 180 valence electrons. The maximum absolute atomic E-state index is 5.85. The van der Waals surface area contributed by atoms with Crippen molar-refractivity contribution in [1.29, 1.82) is 0 Å². The van der Waals surface area contributed by atoms with Gasteiger partial charge in [-0.2, -0.15) is 5.10 Å². The first-order valence-electron chi connectivity index (χ1n) is 12.4. The zero-order valence-electron chi connectivity index (χ0n) is 20.0. The molecule has 2 aromatic carbocycles. The van der Waals surface area contributed by atoms with E-state index in [0.29, 0.717) is 12.0 Å². The Labute approximate surface area is 205 Å². The molecule has 2 fully saturated rings. The van der Waals surface area contributed by atoms with Crippen LogP contribution in [0.15, 0.2) is 54.7 Å². The number of hydrogen-bond acceptors (Lipinski definition) is 7. The van der Waals surface area contributed by atoms with Crippen LogP contribution < -0.4 is 15.5 Å². The van der Waals surface area contributed by atoms with Crippen molar-refractivity contribution in [1.82, 2.24) is 30.8 Å². The molecule has 3 N–H and O–H groups in total. The molecule has 2 unspecified atom stereocenters. The van der Waals surface area contributed by atoms with Crippen LogP contribution in [0.3, 0.4) is 0 Å². The molecule has 2 saturated heterocycles. The minimum atomic E-state index is 0.372. The minimum absolute atomic E-state index is 0.372. The van der Waals surface area contributed by atoms with Crippen molar-refractivity contribution in [2.75, 3.05) is 44.8 Å². The highest BCUT2D eigenvalue weighted by atomic mass is 16.5. The lowest BCUT2D eigenvalue weighted by Gasteiger charge is -2.26. The van der Waals surface area contributed by atoms with E-state index in [1.807, 2.05) is 25.4 Å². The molecular weight excluding hydrogens is 438 g/mol. The van der Waals surface area contributed by atoms with E-state index in [2.05, 4.69) is 62.1 Å². The summed E-state index contributed by atoms with van der Waals surface area (Å²) >= 11 is 0. The lowest BCUT2D eigenvalue weighted by atomic mass is 10.1. The second-order valence-electron chi connectivity index (χ2n) is 9.50. The van der Waals surface area contributed by atoms with Crippen LogP contribution in [0.4, 0.5) is 5.82 Å². The standard InChI is InChI=1S/C27H31N7O/c1-28-8-9-29-13-18-4-2-5-20(10-18)25-12-26(34-15-19-11-21(34)17-35-16-19)32-27(31-25)22-6-3-7-24-23(22)14-30-33-24/h2-7,10,12,14,19,21,28-29H,8-9,11,13,15-17H2,1H3,(H,30,33). The predicted molar refractivity (Wildman–Crippen MR) is 138 cm³/mol. The van der Waals surface area contributed by atoms with Crippen LogP contribution in [0.25, 0.3) is 33.5 Å². The fourth-order valence-corrected chi connectivity index (χ4v) is 5.24. The molecule has 0 amide bonds. The molecule has 4 heterocycles. The van der Waals surface area contributed by atoms with Gasteiger partial charge >= 0.3 is 0 Å². The van der Waals surface area contributed by atoms with E-state index >= 15 is 0 Å². The van der Waals surface area contributed by atoms with Gasteiger partial charge in [0.1, 0.15) is 5.82 Å². The van der Waals surface area contributed by atoms with Crippen molar-refractivity contribution in [2.45, 2.75) is 19.0 Å². The first-order chi connectivity index (χ1) is 17.3. The lowest BCUT2D eigenvalue weighted by molar-refractivity contribution is 0.0701. The van der Waals surface area contributed by atoms with Crippen molar-refractivity contribution in [3.05, 3.63) is 60.3 Å². The molecule has 0 aliphatic carbocycles. The molecule has 2 bridgehead atoms. The highest BCUT2D eigenvalue weighted by Crippen LogP contribution is 2.35. The molecule has 2 atom stereocenters. The number of aromatic amines is 1. The Morgan fingerprint density at radius 3 is 2.94 bits per heavy atom. The average Bonchev–Trinajstić information content (AvgIpc) is 3.50. The summed E-state index contributed by atoms with van der Waals surface area (Å²) < 4.78 is 5.85. The summed E-state index contributed by atoms with van der Waals surface area (Å²) in [6, 6.07) is 17.3. The summed E-state index contributed by atoms with van der Waals surface area (Å²) in [6.07, 6.45) is 3.02. The summed E-state index contributed by atoms with van der Waals surface area (Å²) in [7, 11) is 1.97. The molecule has 2 aliphatic rings. The third-order valence-corrected chi connectivity index (χ3v) is 7.00. The van der Waals surface area contributed by atoms with Crippen molar-refractivity contribution in [3.8, 4) is 22.6 Å². The zero-order chi connectivity index (χ0) is 23.6. The van der Waals surface area contributed by atoms with E-state index in [-0.39, 0.29) is 0 Å². The summed E-state index contributed by atoms with van der Waals surface area (Å²) in [5, 5.41) is 15.0. The molecule has 0 spiro atoms. The highest BCUT2D eigenvalue weighted by Gasteiger charge is 2.37. The van der Waals surface area contributed by atoms with E-state index in [1.165, 1.54) is 12.0 Å². The van der Waals surface area contributed by atoms with Crippen LogP contribution in [-0.2, 0) is 11.3 Å². The number of anilines is 1. The largest absolute Gasteiger partial charge is 0.379 e. The van der Waals surface area contributed by atoms with Gasteiger partial charge in [0.05, 0.1) is 36.7 Å². The molecule has 4 aromatic rings. The molecule has 35 heavy (non-hydrogen) atoms. The Morgan fingerprint density at radius 1 is 1.09 bits per heavy atom. The molecule has 2 aliphatic heterocycles. The molecule has 6 rings (SSSR count). The van der Waals surface area contributed by atoms with Crippen molar-refractivity contribution < 1.29 is 4.74 Å². The SMILES string of the molecule is CNCCNCc1cccc(-c2cc(N3CC4COCC3C4)nc(-c3cccc4[nH]ncc34)n2)c1. The van der Waals surface area contributed by atoms with Gasteiger partial charge in [-0.15, -0.1) is 0 Å². The Balaban J connectivity index is 1.41. The summed E-state index contributed by atoms with van der Waals surface area (Å²) in [5.74, 6) is 2.27. The Morgan fingerprint density at radius 2 is 2.03 bits per heavy atom. The van der Waals surface area contributed by atoms with Gasteiger partial charge in [-0.3, -0.25) is 5.10 Å². The summed E-state index contributed by atoms with van der Waals surface area (Å²) in [6.45, 7) is 5.27. The van der Waals surface area contributed by atoms with Crippen molar-refractivity contribution >= 4 is 16.7 Å². The first-order valence-corrected chi connectivity index (χ1v) is 12.4. The van der Waals surface area contributed by atoms with Gasteiger partial charge < -0.3 is 20.3 Å². The van der Waals surface area contributed by atoms with E-state index in [4.69, 9.17) is 14.7 Å². The van der Waals surface area contributed by atoms with Crippen LogP contribution in [0.2, 0.25) is 0 Å². The Kier molecular flexibility index (Phi) is 6.16. The molecular formula is C27H31N7O. The molecule has 8 nitrogen and oxygen atoms in total. The van der Waals surface area contributed by atoms with Crippen LogP contribution in [-0.4, -0.2) is 66.1 Å². The number of H-pyrrole nitrogens is 1. The van der Waals surface area contributed by atoms with Crippen molar-refractivity contribution in [2.24, 2.45) is 5.92 Å². The fraction of sp³-hybridized carbons (Fsp3) is 0.370. The van der Waals surface area contributed by atoms with Gasteiger partial charge in [-0.05, 0) is 31.2 Å². The van der Waals surface area contributed by atoms with Gasteiger partial charge in [-0.25, -0.2) is 9.97 Å². The molecule has 0 saturated carbocycles. The molecule has 8 heteroatoms. The number of hydrogen-bond donors (Lipinski definition) is 3. The van der Waals surface area contributed by atoms with E-state index in [1.54, 1.807) is 0 Å². The average molecular weight is 470 g/mol. The normalized spacial score (nSPS) is 19.5. The molecule has 0 radical (unpaired) electrons. The van der Waals surface area contributed by atoms with Crippen LogP contribution in [0.5, 0.6) is 0 Å². The van der Waals surface area contributed by atoms with Gasteiger partial charge in [0.2, 0.25) is 0 Å². The third-order valence-electron chi connectivity index (χ3n) is 7.00. The maximum Gasteiger partial charge on any atom is 0.162 e. The molecule has 2 aromatic heterocycles. The van der Waals surface area contributed by atoms with E-state index in [9.17, 15) is 0 Å². The second-order valence-corrected chi connectivity index (χ2v) is 9.50. The number of benzene rings is 2. The monoisotopic (exact) mass is 469 g/mol. The third kappa shape index (κ3) is 4.52. The van der Waals surface area contributed by atoms with Gasteiger partial charge in [0.15, 0.2) is 5.82 Å². The summed E-state index contributed by atoms with van der Waals surface area (Å²) in [4.78, 5) is 12.6. The van der Waals surface area contributed by atoms with Gasteiger partial charge in [-0.1, -0.05) is 30.3 Å². The van der Waals surface area contributed by atoms with Gasteiger partial charge in [0, 0.05) is 54.7 Å². The van der Waals surface area contributed by atoms with Gasteiger partial charge in [0.25, 0.3) is 0 Å². The van der Waals surface area contributed by atoms with Crippen LogP contribution >= 0.6 is 0 Å². The zero-order valence-corrected chi connectivity index (χ0v) is 20.0. The Hall–Kier alpha value is -3.33. The van der Waals surface area contributed by atoms with E-state index in [0.717, 1.165) is 78.8 Å². The topological polar surface area (TPSA) is 91.0 Å². The van der Waals surface area contributed by atoms with E-state index < -0.39 is 0 Å². The first kappa shape index (κ1) is 22.2. The summed E-state index contributed by atoms with van der Waals surface area (Å²) in [5.41, 5.74) is 5.24. The fourth-order valence-electron chi connectivity index (χ4n) is 5.24. The number of aromatic nitrogens is 4. The quantitative estimate of drug-likeness (QED) is 0.341.